The molecular weight excluding hydrogens is 345 g/mol. The fourth-order valence-corrected chi connectivity index (χ4v) is 3.44. The molecule has 2 aromatic rings. The lowest BCUT2D eigenvalue weighted by atomic mass is 10.1. The molecule has 1 fully saturated rings. The van der Waals surface area contributed by atoms with Crippen molar-refractivity contribution in [3.8, 4) is 0 Å². The van der Waals surface area contributed by atoms with Gasteiger partial charge in [-0.1, -0.05) is 12.1 Å². The first-order valence-corrected chi connectivity index (χ1v) is 9.17. The highest BCUT2D eigenvalue weighted by Crippen LogP contribution is 2.21. The number of piperazine rings is 1. The van der Waals surface area contributed by atoms with Gasteiger partial charge in [0.2, 0.25) is 0 Å². The minimum Gasteiger partial charge on any atom is -0.309 e. The van der Waals surface area contributed by atoms with Gasteiger partial charge in [-0.15, -0.1) is 0 Å². The van der Waals surface area contributed by atoms with Crippen LogP contribution in [0.4, 0.5) is 20.6 Å². The molecule has 2 atom stereocenters. The Morgan fingerprint density at radius 2 is 1.96 bits per heavy atom. The van der Waals surface area contributed by atoms with Crippen LogP contribution in [0.25, 0.3) is 0 Å². The number of carbonyl (C=O) groups is 1. The van der Waals surface area contributed by atoms with Crippen molar-refractivity contribution in [1.29, 1.82) is 0 Å². The number of hydrogen-bond acceptors (Lipinski definition) is 4. The Hall–Kier alpha value is -2.51. The Labute approximate surface area is 159 Å². The minimum absolute atomic E-state index is 0.168. The van der Waals surface area contributed by atoms with Crippen LogP contribution in [0.15, 0.2) is 36.5 Å². The SMILES string of the molecule is Cc1ccc(NC(=O)Nc2cccc(CN3C[C@@H](C)N[C@@H](C)C3)c2F)cn1. The Morgan fingerprint density at radius 1 is 1.22 bits per heavy atom. The average Bonchev–Trinajstić information content (AvgIpc) is 2.59. The van der Waals surface area contributed by atoms with Gasteiger partial charge in [-0.25, -0.2) is 9.18 Å². The molecule has 27 heavy (non-hydrogen) atoms. The van der Waals surface area contributed by atoms with Gasteiger partial charge in [0.25, 0.3) is 0 Å². The lowest BCUT2D eigenvalue weighted by Crippen LogP contribution is -2.53. The van der Waals surface area contributed by atoms with Crippen molar-refractivity contribution in [3.05, 3.63) is 53.6 Å². The van der Waals surface area contributed by atoms with Crippen molar-refractivity contribution >= 4 is 17.4 Å². The number of nitrogens with zero attached hydrogens (tertiary/aromatic N) is 2. The van der Waals surface area contributed by atoms with Gasteiger partial charge in [-0.05, 0) is 39.0 Å². The fraction of sp³-hybridized carbons (Fsp3) is 0.400. The third kappa shape index (κ3) is 5.24. The molecule has 0 spiro atoms. The van der Waals surface area contributed by atoms with E-state index in [1.54, 1.807) is 36.5 Å². The van der Waals surface area contributed by atoms with Gasteiger partial charge in [0.15, 0.2) is 5.82 Å². The van der Waals surface area contributed by atoms with Gasteiger partial charge in [-0.2, -0.15) is 0 Å². The lowest BCUT2D eigenvalue weighted by Gasteiger charge is -2.36. The van der Waals surface area contributed by atoms with E-state index < -0.39 is 11.8 Å². The number of benzene rings is 1. The van der Waals surface area contributed by atoms with Crippen LogP contribution in [-0.4, -0.2) is 41.1 Å². The fourth-order valence-electron chi connectivity index (χ4n) is 3.44. The standard InChI is InChI=1S/C20H26FN5O/c1-13-7-8-17(9-22-13)24-20(27)25-18-6-4-5-16(19(18)21)12-26-10-14(2)23-15(3)11-26/h4-9,14-15,23H,10-12H2,1-3H3,(H2,24,25,27)/t14-,15+. The number of hydrogen-bond donors (Lipinski definition) is 3. The van der Waals surface area contributed by atoms with Crippen molar-refractivity contribution in [2.45, 2.75) is 39.4 Å². The molecule has 2 amide bonds. The zero-order valence-electron chi connectivity index (χ0n) is 15.9. The quantitative estimate of drug-likeness (QED) is 0.771. The van der Waals surface area contributed by atoms with Crippen LogP contribution in [-0.2, 0) is 6.54 Å². The number of rotatable bonds is 4. The highest BCUT2D eigenvalue weighted by molar-refractivity contribution is 5.99. The molecule has 0 saturated carbocycles. The summed E-state index contributed by atoms with van der Waals surface area (Å²) in [6.45, 7) is 8.36. The Kier molecular flexibility index (Phi) is 6.03. The summed E-state index contributed by atoms with van der Waals surface area (Å²) in [7, 11) is 0. The highest BCUT2D eigenvalue weighted by atomic mass is 19.1. The predicted octanol–water partition coefficient (Wildman–Crippen LogP) is 3.36. The first kappa shape index (κ1) is 19.3. The number of urea groups is 1. The monoisotopic (exact) mass is 371 g/mol. The van der Waals surface area contributed by atoms with Crippen LogP contribution in [0.1, 0.15) is 25.1 Å². The van der Waals surface area contributed by atoms with E-state index in [2.05, 4.69) is 39.7 Å². The number of aromatic nitrogens is 1. The van der Waals surface area contributed by atoms with Gasteiger partial charge < -0.3 is 16.0 Å². The third-order valence-electron chi connectivity index (χ3n) is 4.52. The van der Waals surface area contributed by atoms with Crippen molar-refractivity contribution in [1.82, 2.24) is 15.2 Å². The van der Waals surface area contributed by atoms with E-state index in [1.165, 1.54) is 0 Å². The molecule has 2 heterocycles. The zero-order valence-corrected chi connectivity index (χ0v) is 15.9. The van der Waals surface area contributed by atoms with Gasteiger partial charge in [0.1, 0.15) is 0 Å². The van der Waals surface area contributed by atoms with E-state index in [4.69, 9.17) is 0 Å². The average molecular weight is 371 g/mol. The minimum atomic E-state index is -0.499. The van der Waals surface area contributed by atoms with Gasteiger partial charge in [0, 0.05) is 43.0 Å². The van der Waals surface area contributed by atoms with E-state index >= 15 is 0 Å². The van der Waals surface area contributed by atoms with Crippen LogP contribution in [0.2, 0.25) is 0 Å². The normalized spacial score (nSPS) is 20.3. The maximum absolute atomic E-state index is 14.9. The smallest absolute Gasteiger partial charge is 0.309 e. The largest absolute Gasteiger partial charge is 0.323 e. The van der Waals surface area contributed by atoms with Crippen molar-refractivity contribution in [2.24, 2.45) is 0 Å². The van der Waals surface area contributed by atoms with Crippen LogP contribution in [0.5, 0.6) is 0 Å². The van der Waals surface area contributed by atoms with Gasteiger partial charge in [0.05, 0.1) is 17.6 Å². The summed E-state index contributed by atoms with van der Waals surface area (Å²) in [5, 5.41) is 8.71. The number of anilines is 2. The highest BCUT2D eigenvalue weighted by Gasteiger charge is 2.22. The molecule has 1 aromatic carbocycles. The molecule has 0 bridgehead atoms. The van der Waals surface area contributed by atoms with Crippen LogP contribution in [0, 0.1) is 12.7 Å². The van der Waals surface area contributed by atoms with Crippen LogP contribution < -0.4 is 16.0 Å². The summed E-state index contributed by atoms with van der Waals surface area (Å²) in [4.78, 5) is 18.5. The van der Waals surface area contributed by atoms with E-state index in [1.807, 2.05) is 6.92 Å². The molecule has 1 saturated heterocycles. The molecule has 1 aliphatic heterocycles. The summed E-state index contributed by atoms with van der Waals surface area (Å²) >= 11 is 0. The number of nitrogens with one attached hydrogen (secondary N) is 3. The number of amides is 2. The first-order chi connectivity index (χ1) is 12.9. The Bertz CT molecular complexity index is 785. The van der Waals surface area contributed by atoms with Crippen molar-refractivity contribution in [2.75, 3.05) is 23.7 Å². The Morgan fingerprint density at radius 3 is 2.63 bits per heavy atom. The van der Waals surface area contributed by atoms with Crippen LogP contribution in [0.3, 0.4) is 0 Å². The number of halogens is 1. The number of pyridine rings is 1. The van der Waals surface area contributed by atoms with E-state index in [0.717, 1.165) is 18.8 Å². The van der Waals surface area contributed by atoms with Gasteiger partial charge in [-0.3, -0.25) is 9.88 Å². The van der Waals surface area contributed by atoms with E-state index in [0.29, 0.717) is 29.9 Å². The summed E-state index contributed by atoms with van der Waals surface area (Å²) in [6.07, 6.45) is 1.56. The number of carbonyl (C=O) groups excluding carboxylic acids is 1. The maximum atomic E-state index is 14.9. The summed E-state index contributed by atoms with van der Waals surface area (Å²) in [5.41, 5.74) is 2.15. The predicted molar refractivity (Wildman–Crippen MR) is 105 cm³/mol. The first-order valence-electron chi connectivity index (χ1n) is 9.17. The molecular formula is C20H26FN5O. The second-order valence-electron chi connectivity index (χ2n) is 7.21. The molecule has 6 nitrogen and oxygen atoms in total. The molecule has 0 aliphatic carbocycles. The molecule has 3 N–H and O–H groups in total. The maximum Gasteiger partial charge on any atom is 0.323 e. The molecule has 1 aromatic heterocycles. The van der Waals surface area contributed by atoms with Crippen LogP contribution >= 0.6 is 0 Å². The second kappa shape index (κ2) is 8.45. The molecule has 0 radical (unpaired) electrons. The summed E-state index contributed by atoms with van der Waals surface area (Å²) in [6, 6.07) is 8.87. The molecule has 1 aliphatic rings. The van der Waals surface area contributed by atoms with Crippen molar-refractivity contribution in [3.63, 3.8) is 0 Å². The van der Waals surface area contributed by atoms with E-state index in [9.17, 15) is 9.18 Å². The molecule has 144 valence electrons. The zero-order chi connectivity index (χ0) is 19.4. The second-order valence-corrected chi connectivity index (χ2v) is 7.21. The third-order valence-corrected chi connectivity index (χ3v) is 4.52. The number of aryl methyl sites for hydroxylation is 1. The summed E-state index contributed by atoms with van der Waals surface area (Å²) < 4.78 is 14.9. The Balaban J connectivity index is 1.65. The lowest BCUT2D eigenvalue weighted by molar-refractivity contribution is 0.165. The van der Waals surface area contributed by atoms with Gasteiger partial charge >= 0.3 is 6.03 Å². The molecule has 3 rings (SSSR count). The molecule has 7 heteroatoms. The van der Waals surface area contributed by atoms with E-state index in [-0.39, 0.29) is 5.69 Å². The topological polar surface area (TPSA) is 69.3 Å². The van der Waals surface area contributed by atoms with Crippen molar-refractivity contribution < 1.29 is 9.18 Å². The summed E-state index contributed by atoms with van der Waals surface area (Å²) in [5.74, 6) is -0.395. The molecule has 0 unspecified atom stereocenters.